The van der Waals surface area contributed by atoms with E-state index in [4.69, 9.17) is 11.6 Å². The maximum absolute atomic E-state index is 5.83. The van der Waals surface area contributed by atoms with Gasteiger partial charge in [0.25, 0.3) is 0 Å². The zero-order valence-corrected chi connectivity index (χ0v) is 9.40. The highest BCUT2D eigenvalue weighted by atomic mass is 35.5. The van der Waals surface area contributed by atoms with E-state index in [0.717, 1.165) is 22.7 Å². The van der Waals surface area contributed by atoms with Gasteiger partial charge < -0.3 is 0 Å². The standard InChI is InChI=1S/C11H10ClNS/c1-2-10-11(13-7-14-10)8-3-5-9(12)6-4-8/h3-7H,2H2,1H3. The van der Waals surface area contributed by atoms with Crippen LogP contribution in [0.1, 0.15) is 11.8 Å². The third-order valence-electron chi connectivity index (χ3n) is 2.08. The predicted molar refractivity (Wildman–Crippen MR) is 61.9 cm³/mol. The summed E-state index contributed by atoms with van der Waals surface area (Å²) in [5, 5.41) is 0.766. The normalized spacial score (nSPS) is 10.4. The summed E-state index contributed by atoms with van der Waals surface area (Å²) in [6, 6.07) is 7.82. The van der Waals surface area contributed by atoms with Crippen LogP contribution in [0.15, 0.2) is 29.8 Å². The molecule has 0 saturated carbocycles. The van der Waals surface area contributed by atoms with E-state index in [9.17, 15) is 0 Å². The highest BCUT2D eigenvalue weighted by Crippen LogP contribution is 2.26. The van der Waals surface area contributed by atoms with Crippen LogP contribution in [0.25, 0.3) is 11.3 Å². The summed E-state index contributed by atoms with van der Waals surface area (Å²) in [5.74, 6) is 0. The Balaban J connectivity index is 2.44. The van der Waals surface area contributed by atoms with Crippen LogP contribution < -0.4 is 0 Å². The zero-order chi connectivity index (χ0) is 9.97. The van der Waals surface area contributed by atoms with Crippen molar-refractivity contribution in [2.45, 2.75) is 13.3 Å². The van der Waals surface area contributed by atoms with Crippen LogP contribution in [-0.4, -0.2) is 4.98 Å². The van der Waals surface area contributed by atoms with Gasteiger partial charge in [-0.2, -0.15) is 0 Å². The molecule has 72 valence electrons. The molecule has 1 aromatic heterocycles. The maximum atomic E-state index is 5.83. The van der Waals surface area contributed by atoms with Crippen LogP contribution in [0.4, 0.5) is 0 Å². The number of thiazole rings is 1. The van der Waals surface area contributed by atoms with E-state index in [0.29, 0.717) is 0 Å². The van der Waals surface area contributed by atoms with Gasteiger partial charge in [-0.05, 0) is 18.6 Å². The number of nitrogens with zero attached hydrogens (tertiary/aromatic N) is 1. The highest BCUT2D eigenvalue weighted by Gasteiger charge is 2.06. The molecule has 0 spiro atoms. The zero-order valence-electron chi connectivity index (χ0n) is 7.83. The first-order valence-electron chi connectivity index (χ1n) is 4.49. The van der Waals surface area contributed by atoms with Gasteiger partial charge in [0, 0.05) is 15.5 Å². The van der Waals surface area contributed by atoms with E-state index < -0.39 is 0 Å². The van der Waals surface area contributed by atoms with Crippen molar-refractivity contribution < 1.29 is 0 Å². The van der Waals surface area contributed by atoms with Gasteiger partial charge in [-0.15, -0.1) is 11.3 Å². The summed E-state index contributed by atoms with van der Waals surface area (Å²) in [5.41, 5.74) is 4.13. The summed E-state index contributed by atoms with van der Waals surface area (Å²) < 4.78 is 0. The number of benzene rings is 1. The third-order valence-corrected chi connectivity index (χ3v) is 3.31. The second-order valence-corrected chi connectivity index (χ2v) is 4.36. The molecule has 0 fully saturated rings. The van der Waals surface area contributed by atoms with Gasteiger partial charge in [0.05, 0.1) is 11.2 Å². The topological polar surface area (TPSA) is 12.9 Å². The molecule has 0 atom stereocenters. The number of rotatable bonds is 2. The minimum Gasteiger partial charge on any atom is -0.244 e. The van der Waals surface area contributed by atoms with E-state index in [-0.39, 0.29) is 0 Å². The molecule has 1 aromatic carbocycles. The van der Waals surface area contributed by atoms with E-state index in [1.807, 2.05) is 29.8 Å². The molecule has 2 aromatic rings. The first-order valence-corrected chi connectivity index (χ1v) is 5.75. The summed E-state index contributed by atoms with van der Waals surface area (Å²) in [4.78, 5) is 5.69. The lowest BCUT2D eigenvalue weighted by atomic mass is 10.1. The van der Waals surface area contributed by atoms with Crippen LogP contribution in [0.3, 0.4) is 0 Å². The molecule has 0 saturated heterocycles. The Hall–Kier alpha value is -0.860. The van der Waals surface area contributed by atoms with Gasteiger partial charge in [-0.3, -0.25) is 0 Å². The molecular weight excluding hydrogens is 214 g/mol. The predicted octanol–water partition coefficient (Wildman–Crippen LogP) is 4.03. The number of halogens is 1. The molecule has 3 heteroatoms. The fourth-order valence-corrected chi connectivity index (χ4v) is 2.22. The van der Waals surface area contributed by atoms with E-state index in [2.05, 4.69) is 11.9 Å². The third kappa shape index (κ3) is 1.81. The van der Waals surface area contributed by atoms with Crippen LogP contribution >= 0.6 is 22.9 Å². The SMILES string of the molecule is CCc1scnc1-c1ccc(Cl)cc1. The monoisotopic (exact) mass is 223 g/mol. The molecule has 0 N–H and O–H groups in total. The van der Waals surface area contributed by atoms with Crippen LogP contribution in [0.5, 0.6) is 0 Å². The Morgan fingerprint density at radius 2 is 2.00 bits per heavy atom. The molecule has 14 heavy (non-hydrogen) atoms. The van der Waals surface area contributed by atoms with Crippen LogP contribution in [-0.2, 0) is 6.42 Å². The Kier molecular flexibility index (Phi) is 2.85. The molecule has 1 nitrogen and oxygen atoms in total. The minimum atomic E-state index is 0.766. The van der Waals surface area contributed by atoms with Crippen molar-refractivity contribution in [2.75, 3.05) is 0 Å². The first-order chi connectivity index (χ1) is 6.81. The smallest absolute Gasteiger partial charge is 0.0843 e. The Morgan fingerprint density at radius 1 is 1.29 bits per heavy atom. The molecule has 0 radical (unpaired) electrons. The van der Waals surface area contributed by atoms with Gasteiger partial charge in [0.1, 0.15) is 0 Å². The Labute approximate surface area is 92.4 Å². The average Bonchev–Trinajstić information content (AvgIpc) is 2.67. The quantitative estimate of drug-likeness (QED) is 0.749. The van der Waals surface area contributed by atoms with Crippen molar-refractivity contribution in [3.8, 4) is 11.3 Å². The van der Waals surface area contributed by atoms with E-state index >= 15 is 0 Å². The first kappa shape index (κ1) is 9.69. The molecule has 0 aliphatic carbocycles. The van der Waals surface area contributed by atoms with Crippen molar-refractivity contribution in [3.05, 3.63) is 39.7 Å². The molecule has 0 amide bonds. The van der Waals surface area contributed by atoms with Crippen LogP contribution in [0, 0.1) is 0 Å². The fraction of sp³-hybridized carbons (Fsp3) is 0.182. The molecule has 1 heterocycles. The van der Waals surface area contributed by atoms with Crippen molar-refractivity contribution in [2.24, 2.45) is 0 Å². The Bertz CT molecular complexity index is 419. The second kappa shape index (κ2) is 4.11. The second-order valence-electron chi connectivity index (χ2n) is 2.98. The summed E-state index contributed by atoms with van der Waals surface area (Å²) >= 11 is 7.53. The number of hydrogen-bond donors (Lipinski definition) is 0. The van der Waals surface area contributed by atoms with Crippen LogP contribution in [0.2, 0.25) is 5.02 Å². The Morgan fingerprint density at radius 3 is 2.64 bits per heavy atom. The lowest BCUT2D eigenvalue weighted by Crippen LogP contribution is -1.82. The molecule has 0 aliphatic rings. The van der Waals surface area contributed by atoms with Crippen molar-refractivity contribution in [1.82, 2.24) is 4.98 Å². The van der Waals surface area contributed by atoms with Gasteiger partial charge in [-0.1, -0.05) is 30.7 Å². The molecule has 0 unspecified atom stereocenters. The van der Waals surface area contributed by atoms with Gasteiger partial charge in [0.15, 0.2) is 0 Å². The molecule has 0 bridgehead atoms. The van der Waals surface area contributed by atoms with Gasteiger partial charge >= 0.3 is 0 Å². The highest BCUT2D eigenvalue weighted by molar-refractivity contribution is 7.10. The summed E-state index contributed by atoms with van der Waals surface area (Å²) in [6.45, 7) is 2.15. The van der Waals surface area contributed by atoms with Crippen molar-refractivity contribution >= 4 is 22.9 Å². The number of aromatic nitrogens is 1. The van der Waals surface area contributed by atoms with Gasteiger partial charge in [-0.25, -0.2) is 4.98 Å². The minimum absolute atomic E-state index is 0.766. The summed E-state index contributed by atoms with van der Waals surface area (Å²) in [6.07, 6.45) is 1.03. The molecule has 0 aliphatic heterocycles. The van der Waals surface area contributed by atoms with Crippen molar-refractivity contribution in [1.29, 1.82) is 0 Å². The average molecular weight is 224 g/mol. The van der Waals surface area contributed by atoms with E-state index in [1.54, 1.807) is 11.3 Å². The van der Waals surface area contributed by atoms with Gasteiger partial charge in [0.2, 0.25) is 0 Å². The fourth-order valence-electron chi connectivity index (χ4n) is 1.36. The maximum Gasteiger partial charge on any atom is 0.0843 e. The molecule has 2 rings (SSSR count). The molecular formula is C11H10ClNS. The lowest BCUT2D eigenvalue weighted by molar-refractivity contribution is 1.17. The van der Waals surface area contributed by atoms with Crippen molar-refractivity contribution in [3.63, 3.8) is 0 Å². The number of aryl methyl sites for hydroxylation is 1. The number of hydrogen-bond acceptors (Lipinski definition) is 2. The lowest BCUT2D eigenvalue weighted by Gasteiger charge is -1.99. The van der Waals surface area contributed by atoms with E-state index in [1.165, 1.54) is 4.88 Å². The largest absolute Gasteiger partial charge is 0.244 e. The summed E-state index contributed by atoms with van der Waals surface area (Å²) in [7, 11) is 0.